The first kappa shape index (κ1) is 44.6. The molecule has 18 heteroatoms. The van der Waals surface area contributed by atoms with Crippen molar-refractivity contribution in [2.24, 2.45) is 0 Å². The summed E-state index contributed by atoms with van der Waals surface area (Å²) < 4.78 is 82.3. The van der Waals surface area contributed by atoms with Crippen molar-refractivity contribution in [3.8, 4) is 0 Å². The summed E-state index contributed by atoms with van der Waals surface area (Å²) in [5, 5.41) is 5.08. The van der Waals surface area contributed by atoms with Gasteiger partial charge in [0.2, 0.25) is 11.8 Å². The Morgan fingerprint density at radius 2 is 1.00 bits per heavy atom. The molecule has 62 heavy (non-hydrogen) atoms. The average molecular weight is 904 g/mol. The fourth-order valence-corrected chi connectivity index (χ4v) is 9.30. The van der Waals surface area contributed by atoms with Crippen molar-refractivity contribution in [1.82, 2.24) is 9.80 Å². The van der Waals surface area contributed by atoms with Gasteiger partial charge in [-0.15, -0.1) is 0 Å². The maximum Gasteiger partial charge on any atom is 0.325 e. The summed E-state index contributed by atoms with van der Waals surface area (Å²) in [7, 11) is 0. The molecule has 2 saturated heterocycles. The summed E-state index contributed by atoms with van der Waals surface area (Å²) in [4.78, 5) is 57.6. The molecule has 2 aliphatic heterocycles. The van der Waals surface area contributed by atoms with Crippen LogP contribution >= 0.6 is 23.2 Å². The van der Waals surface area contributed by atoms with Gasteiger partial charge in [-0.1, -0.05) is 61.7 Å². The lowest BCUT2D eigenvalue weighted by Crippen LogP contribution is -2.51. The first-order chi connectivity index (χ1) is 29.5. The predicted octanol–water partition coefficient (Wildman–Crippen LogP) is 10.7. The molecule has 2 N–H and O–H groups in total. The van der Waals surface area contributed by atoms with E-state index in [0.29, 0.717) is 50.0 Å². The molecule has 6 amide bonds. The lowest BCUT2D eigenvalue weighted by Gasteiger charge is -2.39. The minimum Gasteiger partial charge on any atom is -0.324 e. The zero-order chi connectivity index (χ0) is 44.3. The van der Waals surface area contributed by atoms with E-state index in [9.17, 15) is 45.5 Å². The van der Waals surface area contributed by atoms with Crippen molar-refractivity contribution in [3.05, 3.63) is 118 Å². The molecule has 10 nitrogen and oxygen atoms in total. The van der Waals surface area contributed by atoms with Crippen molar-refractivity contribution >= 4 is 69.8 Å². The van der Waals surface area contributed by atoms with Gasteiger partial charge in [-0.2, -0.15) is 0 Å². The number of rotatable bonds is 8. The maximum atomic E-state index is 14.5. The number of nitrogens with zero attached hydrogens (tertiary/aromatic N) is 4. The Hall–Kier alpha value is -5.48. The highest BCUT2D eigenvalue weighted by Crippen LogP contribution is 2.43. The summed E-state index contributed by atoms with van der Waals surface area (Å²) >= 11 is 11.6. The van der Waals surface area contributed by atoms with Gasteiger partial charge in [0.05, 0.1) is 34.9 Å². The molecule has 2 heterocycles. The number of halogens is 8. The number of nitrogens with one attached hydrogen (secondary N) is 2. The van der Waals surface area contributed by atoms with Crippen LogP contribution in [0.2, 0.25) is 10.0 Å². The molecule has 0 aromatic heterocycles. The number of carbonyl (C=O) groups is 4. The molecule has 4 fully saturated rings. The first-order valence-corrected chi connectivity index (χ1v) is 20.9. The van der Waals surface area contributed by atoms with Crippen molar-refractivity contribution < 1.29 is 45.5 Å². The smallest absolute Gasteiger partial charge is 0.324 e. The molecule has 8 rings (SSSR count). The molecular weight excluding hydrogens is 861 g/mol. The number of urea groups is 2. The number of hydrogen-bond acceptors (Lipinski definition) is 4. The Bertz CT molecular complexity index is 2340. The van der Waals surface area contributed by atoms with Crippen LogP contribution in [0.4, 0.5) is 58.7 Å². The fraction of sp³-hybridized carbons (Fsp3) is 0.364. The van der Waals surface area contributed by atoms with Crippen LogP contribution in [0.15, 0.2) is 72.8 Å². The molecule has 0 atom stereocenters. The zero-order valence-electron chi connectivity index (χ0n) is 33.3. The van der Waals surface area contributed by atoms with Gasteiger partial charge in [0, 0.05) is 34.2 Å². The predicted molar refractivity (Wildman–Crippen MR) is 223 cm³/mol. The highest BCUT2D eigenvalue weighted by molar-refractivity contribution is 6.31. The molecule has 4 aromatic carbocycles. The van der Waals surface area contributed by atoms with Gasteiger partial charge >= 0.3 is 12.1 Å². The Labute approximate surface area is 363 Å². The number of hydrogen-bond donors (Lipinski definition) is 2. The molecular formula is C44H42Cl2F6N6O4. The molecule has 2 spiro atoms. The standard InChI is InChI=1S/2C22H21ClF3N3O2/c23-18-5-4-17(11-19(18)26)28-13-22(6-2-1-3-7-22)29(21(28)31)12-20(30)27-16-9-14(24)8-15(25)10-16;23-14-4-5-19(18(26)8-14)28-13-22(6-2-1-3-7-22)29(21(28)31)12-20(30)27-17-10-15(24)9-16(25)11-17/h2*4-5,8-11H,1-3,6-7,12-13H2,(H,27,30). The Balaban J connectivity index is 0.000000186. The second kappa shape index (κ2) is 18.5. The molecule has 0 unspecified atom stereocenters. The van der Waals surface area contributed by atoms with Crippen LogP contribution in [0, 0.1) is 34.9 Å². The van der Waals surface area contributed by atoms with Gasteiger partial charge in [0.25, 0.3) is 0 Å². The van der Waals surface area contributed by atoms with Crippen molar-refractivity contribution in [3.63, 3.8) is 0 Å². The van der Waals surface area contributed by atoms with E-state index in [0.717, 1.165) is 68.9 Å². The minimum atomic E-state index is -0.819. The summed E-state index contributed by atoms with van der Waals surface area (Å²) in [6.45, 7) is 0.00719. The normalized spacial score (nSPS) is 18.0. The summed E-state index contributed by atoms with van der Waals surface area (Å²) in [6, 6.07) is 12.8. The van der Waals surface area contributed by atoms with Gasteiger partial charge in [0.15, 0.2) is 0 Å². The third kappa shape index (κ3) is 9.76. The molecule has 4 aromatic rings. The molecule has 2 saturated carbocycles. The maximum absolute atomic E-state index is 14.5. The zero-order valence-corrected chi connectivity index (χ0v) is 34.8. The van der Waals surface area contributed by atoms with Crippen LogP contribution in [0.25, 0.3) is 0 Å². The Morgan fingerprint density at radius 3 is 1.45 bits per heavy atom. The topological polar surface area (TPSA) is 105 Å². The fourth-order valence-electron chi connectivity index (χ4n) is 9.02. The number of carbonyl (C=O) groups excluding carboxylic acids is 4. The molecule has 328 valence electrons. The van der Waals surface area contributed by atoms with Crippen molar-refractivity contribution in [2.45, 2.75) is 75.3 Å². The van der Waals surface area contributed by atoms with Gasteiger partial charge in [0.1, 0.15) is 48.0 Å². The molecule has 0 bridgehead atoms. The van der Waals surface area contributed by atoms with Gasteiger partial charge < -0.3 is 20.4 Å². The van der Waals surface area contributed by atoms with Gasteiger partial charge in [-0.3, -0.25) is 19.4 Å². The Morgan fingerprint density at radius 1 is 0.548 bits per heavy atom. The first-order valence-electron chi connectivity index (χ1n) is 20.2. The van der Waals surface area contributed by atoms with Gasteiger partial charge in [-0.05, 0) is 86.3 Å². The Kier molecular flexibility index (Phi) is 13.3. The second-order valence-corrected chi connectivity index (χ2v) is 16.9. The van der Waals surface area contributed by atoms with Crippen LogP contribution in [0.5, 0.6) is 0 Å². The largest absolute Gasteiger partial charge is 0.325 e. The van der Waals surface area contributed by atoms with E-state index in [1.54, 1.807) is 6.07 Å². The van der Waals surface area contributed by atoms with Crippen LogP contribution in [0.3, 0.4) is 0 Å². The highest BCUT2D eigenvalue weighted by Gasteiger charge is 2.52. The van der Waals surface area contributed by atoms with Crippen LogP contribution in [0.1, 0.15) is 64.2 Å². The van der Waals surface area contributed by atoms with E-state index < -0.39 is 69.9 Å². The van der Waals surface area contributed by atoms with E-state index in [2.05, 4.69) is 10.6 Å². The van der Waals surface area contributed by atoms with E-state index in [1.807, 2.05) is 0 Å². The van der Waals surface area contributed by atoms with Crippen molar-refractivity contribution in [2.75, 3.05) is 46.6 Å². The summed E-state index contributed by atoms with van der Waals surface area (Å²) in [5.74, 6) is -5.66. The lowest BCUT2D eigenvalue weighted by molar-refractivity contribution is -0.118. The quantitative estimate of drug-likeness (QED) is 0.172. The van der Waals surface area contributed by atoms with E-state index >= 15 is 0 Å². The number of anilines is 4. The highest BCUT2D eigenvalue weighted by atomic mass is 35.5. The molecule has 0 radical (unpaired) electrons. The van der Waals surface area contributed by atoms with Gasteiger partial charge in [-0.25, -0.2) is 35.9 Å². The minimum absolute atomic E-state index is 0.0246. The third-order valence-electron chi connectivity index (χ3n) is 11.9. The van der Waals surface area contributed by atoms with E-state index in [4.69, 9.17) is 23.2 Å². The average Bonchev–Trinajstić information content (AvgIpc) is 3.60. The van der Waals surface area contributed by atoms with Crippen LogP contribution in [-0.2, 0) is 9.59 Å². The van der Waals surface area contributed by atoms with E-state index in [-0.39, 0.29) is 46.7 Å². The number of benzene rings is 4. The SMILES string of the molecule is O=C(CN1C(=O)N(c2ccc(Cl)c(F)c2)CC12CCCCC2)Nc1cc(F)cc(F)c1.O=C(CN1C(=O)N(c2ccc(Cl)cc2F)CC12CCCCC2)Nc1cc(F)cc(F)c1. The summed E-state index contributed by atoms with van der Waals surface area (Å²) in [6.07, 6.45) is 8.45. The molecule has 4 aliphatic rings. The van der Waals surface area contributed by atoms with Crippen molar-refractivity contribution in [1.29, 1.82) is 0 Å². The second-order valence-electron chi connectivity index (χ2n) is 16.1. The third-order valence-corrected chi connectivity index (χ3v) is 12.4. The lowest BCUT2D eigenvalue weighted by atomic mass is 9.81. The number of amides is 6. The van der Waals surface area contributed by atoms with Crippen LogP contribution in [-0.4, -0.2) is 70.9 Å². The monoisotopic (exact) mass is 902 g/mol. The van der Waals surface area contributed by atoms with E-state index in [1.165, 1.54) is 43.9 Å². The summed E-state index contributed by atoms with van der Waals surface area (Å²) in [5.41, 5.74) is -0.751. The molecule has 2 aliphatic carbocycles. The van der Waals surface area contributed by atoms with Crippen LogP contribution < -0.4 is 20.4 Å².